The molecule has 3 N–H and O–H groups in total. The topological polar surface area (TPSA) is 96.7 Å². The molecule has 4 aromatic rings. The fourth-order valence-electron chi connectivity index (χ4n) is 3.16. The number of halogens is 1. The number of carbonyl (C=O) groups excluding carboxylic acids is 1. The van der Waals surface area contributed by atoms with Gasteiger partial charge in [-0.3, -0.25) is 4.79 Å². The van der Waals surface area contributed by atoms with Crippen LogP contribution in [-0.4, -0.2) is 15.6 Å². The number of nitrogen functional groups attached to an aromatic ring is 1. The Kier molecular flexibility index (Phi) is 5.44. The zero-order valence-corrected chi connectivity index (χ0v) is 17.4. The van der Waals surface area contributed by atoms with Crippen LogP contribution in [0.15, 0.2) is 72.8 Å². The van der Waals surface area contributed by atoms with Crippen molar-refractivity contribution in [3.8, 4) is 11.8 Å². The van der Waals surface area contributed by atoms with E-state index in [-0.39, 0.29) is 17.0 Å². The van der Waals surface area contributed by atoms with E-state index < -0.39 is 0 Å². The zero-order valence-electron chi connectivity index (χ0n) is 16.6. The number of nitrogens with two attached hydrogens (primary N) is 1. The first kappa shape index (κ1) is 20.2. The molecule has 0 amide bonds. The van der Waals surface area contributed by atoms with Crippen LogP contribution < -0.4 is 11.1 Å². The normalized spacial score (nSPS) is 10.5. The average Bonchev–Trinajstić information content (AvgIpc) is 3.12. The third-order valence-corrected chi connectivity index (χ3v) is 5.00. The zero-order chi connectivity index (χ0) is 22.0. The largest absolute Gasteiger partial charge is 0.399 e. The number of carbonyl (C=O) groups is 1. The van der Waals surface area contributed by atoms with E-state index in [1.807, 2.05) is 25.1 Å². The number of rotatable bonds is 5. The summed E-state index contributed by atoms with van der Waals surface area (Å²) >= 11 is 6.03. The van der Waals surface area contributed by atoms with Crippen LogP contribution in [0.5, 0.6) is 0 Å². The van der Waals surface area contributed by atoms with Gasteiger partial charge in [-0.2, -0.15) is 10.4 Å². The van der Waals surface area contributed by atoms with Gasteiger partial charge in [0.15, 0.2) is 11.5 Å². The van der Waals surface area contributed by atoms with Gasteiger partial charge in [0.1, 0.15) is 11.6 Å². The Balaban J connectivity index is 1.88. The van der Waals surface area contributed by atoms with Crippen LogP contribution in [0.25, 0.3) is 5.69 Å². The maximum Gasteiger partial charge on any atom is 0.214 e. The van der Waals surface area contributed by atoms with Gasteiger partial charge in [-0.25, -0.2) is 4.68 Å². The maximum absolute atomic E-state index is 13.2. The van der Waals surface area contributed by atoms with E-state index in [4.69, 9.17) is 17.3 Å². The molecule has 0 radical (unpaired) electrons. The van der Waals surface area contributed by atoms with Crippen molar-refractivity contribution in [1.29, 1.82) is 5.26 Å². The quantitative estimate of drug-likeness (QED) is 0.334. The van der Waals surface area contributed by atoms with Gasteiger partial charge in [-0.15, -0.1) is 0 Å². The van der Waals surface area contributed by atoms with Crippen molar-refractivity contribution in [3.63, 3.8) is 0 Å². The molecule has 7 heteroatoms. The maximum atomic E-state index is 13.2. The van der Waals surface area contributed by atoms with Gasteiger partial charge < -0.3 is 11.1 Å². The Bertz CT molecular complexity index is 1300. The highest BCUT2D eigenvalue weighted by molar-refractivity contribution is 6.30. The minimum absolute atomic E-state index is 0.0627. The highest BCUT2D eigenvalue weighted by Crippen LogP contribution is 2.29. The SMILES string of the molecule is Cc1ccc(C(=O)c2nn(-c3ccc(Cl)cc3)c(Nc3cccc(N)c3)c2C#N)cc1. The minimum atomic E-state index is -0.333. The smallest absolute Gasteiger partial charge is 0.214 e. The molecular weight excluding hydrogens is 410 g/mol. The van der Waals surface area contributed by atoms with Crippen LogP contribution in [0.1, 0.15) is 27.2 Å². The van der Waals surface area contributed by atoms with Gasteiger partial charge in [0.05, 0.1) is 5.69 Å². The van der Waals surface area contributed by atoms with E-state index in [1.165, 1.54) is 4.68 Å². The van der Waals surface area contributed by atoms with E-state index >= 15 is 0 Å². The third-order valence-electron chi connectivity index (χ3n) is 4.75. The molecule has 0 aliphatic carbocycles. The number of ketones is 1. The third kappa shape index (κ3) is 4.13. The van der Waals surface area contributed by atoms with Gasteiger partial charge in [0.25, 0.3) is 0 Å². The first-order valence-electron chi connectivity index (χ1n) is 9.49. The molecule has 0 unspecified atom stereocenters. The molecule has 6 nitrogen and oxygen atoms in total. The molecule has 4 rings (SSSR count). The minimum Gasteiger partial charge on any atom is -0.399 e. The molecule has 0 saturated heterocycles. The standard InChI is InChI=1S/C24H18ClN5O/c1-15-5-7-16(8-6-15)23(31)22-21(14-26)24(28-19-4-2-3-18(27)13-19)30(29-22)20-11-9-17(25)10-12-20/h2-13,28H,27H2,1H3. The van der Waals surface area contributed by atoms with Crippen molar-refractivity contribution in [2.45, 2.75) is 6.92 Å². The van der Waals surface area contributed by atoms with Crippen LogP contribution in [0, 0.1) is 18.3 Å². The van der Waals surface area contributed by atoms with Crippen molar-refractivity contribution in [3.05, 3.63) is 100 Å². The summed E-state index contributed by atoms with van der Waals surface area (Å²) in [4.78, 5) is 13.2. The van der Waals surface area contributed by atoms with Gasteiger partial charge >= 0.3 is 0 Å². The Morgan fingerprint density at radius 3 is 2.45 bits per heavy atom. The lowest BCUT2D eigenvalue weighted by molar-refractivity contribution is 0.103. The van der Waals surface area contributed by atoms with E-state index in [2.05, 4.69) is 16.5 Å². The summed E-state index contributed by atoms with van der Waals surface area (Å²) in [5.41, 5.74) is 9.47. The van der Waals surface area contributed by atoms with Gasteiger partial charge in [-0.1, -0.05) is 47.5 Å². The number of nitrogens with one attached hydrogen (secondary N) is 1. The second kappa shape index (κ2) is 8.34. The van der Waals surface area contributed by atoms with Crippen molar-refractivity contribution in [1.82, 2.24) is 9.78 Å². The predicted octanol–water partition coefficient (Wildman–Crippen LogP) is 5.26. The number of aromatic nitrogens is 2. The first-order valence-corrected chi connectivity index (χ1v) is 9.87. The van der Waals surface area contributed by atoms with E-state index in [9.17, 15) is 10.1 Å². The van der Waals surface area contributed by atoms with E-state index in [1.54, 1.807) is 54.6 Å². The molecule has 0 spiro atoms. The summed E-state index contributed by atoms with van der Waals surface area (Å²) in [6.45, 7) is 1.94. The summed E-state index contributed by atoms with van der Waals surface area (Å²) in [6.07, 6.45) is 0. The van der Waals surface area contributed by atoms with Gasteiger partial charge in [0, 0.05) is 22.0 Å². The van der Waals surface area contributed by atoms with Crippen molar-refractivity contribution >= 4 is 34.6 Å². The number of nitriles is 1. The monoisotopic (exact) mass is 427 g/mol. The van der Waals surface area contributed by atoms with Gasteiger partial charge in [0.2, 0.25) is 5.78 Å². The molecule has 152 valence electrons. The number of aryl methyl sites for hydroxylation is 1. The molecule has 3 aromatic carbocycles. The van der Waals surface area contributed by atoms with Crippen molar-refractivity contribution in [2.75, 3.05) is 11.1 Å². The average molecular weight is 428 g/mol. The summed E-state index contributed by atoms with van der Waals surface area (Å²) in [6, 6.07) is 23.4. The summed E-state index contributed by atoms with van der Waals surface area (Å²) < 4.78 is 1.53. The highest BCUT2D eigenvalue weighted by atomic mass is 35.5. The predicted molar refractivity (Wildman–Crippen MR) is 122 cm³/mol. The summed E-state index contributed by atoms with van der Waals surface area (Å²) in [5, 5.41) is 18.2. The molecule has 0 aliphatic heterocycles. The lowest BCUT2D eigenvalue weighted by Gasteiger charge is -2.11. The lowest BCUT2D eigenvalue weighted by Crippen LogP contribution is -2.05. The van der Waals surface area contributed by atoms with E-state index in [0.717, 1.165) is 5.56 Å². The fourth-order valence-corrected chi connectivity index (χ4v) is 3.29. The van der Waals surface area contributed by atoms with Crippen molar-refractivity contribution < 1.29 is 4.79 Å². The molecule has 0 bridgehead atoms. The molecular formula is C24H18ClN5O. The highest BCUT2D eigenvalue weighted by Gasteiger charge is 2.25. The first-order chi connectivity index (χ1) is 15.0. The molecule has 1 heterocycles. The molecule has 0 saturated carbocycles. The fraction of sp³-hybridized carbons (Fsp3) is 0.0417. The second-order valence-corrected chi connectivity index (χ2v) is 7.45. The Morgan fingerprint density at radius 2 is 1.81 bits per heavy atom. The van der Waals surface area contributed by atoms with Crippen LogP contribution in [0.4, 0.5) is 17.2 Å². The van der Waals surface area contributed by atoms with Crippen LogP contribution in [-0.2, 0) is 0 Å². The van der Waals surface area contributed by atoms with Crippen LogP contribution in [0.3, 0.4) is 0 Å². The van der Waals surface area contributed by atoms with Crippen molar-refractivity contribution in [2.24, 2.45) is 0 Å². The molecule has 31 heavy (non-hydrogen) atoms. The number of hydrogen-bond donors (Lipinski definition) is 2. The van der Waals surface area contributed by atoms with Crippen LogP contribution in [0.2, 0.25) is 5.02 Å². The second-order valence-electron chi connectivity index (χ2n) is 7.02. The number of hydrogen-bond acceptors (Lipinski definition) is 5. The van der Waals surface area contributed by atoms with Crippen LogP contribution >= 0.6 is 11.6 Å². The number of anilines is 3. The molecule has 0 aliphatic rings. The molecule has 0 atom stereocenters. The number of benzene rings is 3. The van der Waals surface area contributed by atoms with Gasteiger partial charge in [-0.05, 0) is 49.4 Å². The lowest BCUT2D eigenvalue weighted by atomic mass is 10.0. The molecule has 1 aromatic heterocycles. The Labute approximate surface area is 184 Å². The Hall–Kier alpha value is -4.08. The number of nitrogens with zero attached hydrogens (tertiary/aromatic N) is 3. The van der Waals surface area contributed by atoms with E-state index in [0.29, 0.717) is 33.5 Å². The summed E-state index contributed by atoms with van der Waals surface area (Å²) in [5.74, 6) is 0.0331. The summed E-state index contributed by atoms with van der Waals surface area (Å²) in [7, 11) is 0. The Morgan fingerprint density at radius 1 is 1.10 bits per heavy atom. The molecule has 0 fully saturated rings.